The lowest BCUT2D eigenvalue weighted by molar-refractivity contribution is -0.127. The first kappa shape index (κ1) is 28.2. The predicted octanol–water partition coefficient (Wildman–Crippen LogP) is 3.42. The van der Waals surface area contributed by atoms with E-state index in [-0.39, 0.29) is 43.0 Å². The predicted molar refractivity (Wildman–Crippen MR) is 153 cm³/mol. The fourth-order valence-corrected chi connectivity index (χ4v) is 4.33. The summed E-state index contributed by atoms with van der Waals surface area (Å²) in [6.07, 6.45) is 4.02. The molecule has 206 valence electrons. The van der Waals surface area contributed by atoms with Crippen LogP contribution in [0.1, 0.15) is 36.2 Å². The molecule has 0 fully saturated rings. The minimum absolute atomic E-state index is 0.108. The summed E-state index contributed by atoms with van der Waals surface area (Å²) in [5, 5.41) is 8.90. The normalized spacial score (nSPS) is 11.7. The molecule has 2 aromatic heterocycles. The summed E-state index contributed by atoms with van der Waals surface area (Å²) in [7, 11) is 0. The van der Waals surface area contributed by atoms with Gasteiger partial charge in [0.15, 0.2) is 5.78 Å². The van der Waals surface area contributed by atoms with Crippen LogP contribution in [0.5, 0.6) is 0 Å². The number of carbonyl (C=O) groups is 4. The zero-order valence-corrected chi connectivity index (χ0v) is 22.6. The number of pyridine rings is 1. The fourth-order valence-electron chi connectivity index (χ4n) is 4.33. The van der Waals surface area contributed by atoms with Crippen LogP contribution in [0.25, 0.3) is 22.2 Å². The molecule has 4 rings (SSSR count). The summed E-state index contributed by atoms with van der Waals surface area (Å²) >= 11 is 0. The number of aromatic nitrogens is 2. The van der Waals surface area contributed by atoms with Crippen molar-refractivity contribution in [3.63, 3.8) is 0 Å². The van der Waals surface area contributed by atoms with E-state index in [2.05, 4.69) is 25.9 Å². The summed E-state index contributed by atoms with van der Waals surface area (Å²) < 4.78 is 0. The smallest absolute Gasteiger partial charge is 0.251 e. The van der Waals surface area contributed by atoms with Gasteiger partial charge in [-0.15, -0.1) is 0 Å². The Bertz CT molecular complexity index is 1500. The number of aromatic amines is 1. The van der Waals surface area contributed by atoms with Gasteiger partial charge >= 0.3 is 0 Å². The van der Waals surface area contributed by atoms with Gasteiger partial charge < -0.3 is 20.9 Å². The van der Waals surface area contributed by atoms with Crippen molar-refractivity contribution in [1.29, 1.82) is 0 Å². The van der Waals surface area contributed by atoms with Crippen molar-refractivity contribution in [2.75, 3.05) is 13.1 Å². The first-order valence-corrected chi connectivity index (χ1v) is 13.2. The Hall–Kier alpha value is -4.79. The molecule has 3 amide bonds. The van der Waals surface area contributed by atoms with Crippen LogP contribution in [0.2, 0.25) is 0 Å². The van der Waals surface area contributed by atoms with E-state index in [9.17, 15) is 19.2 Å². The van der Waals surface area contributed by atoms with Gasteiger partial charge in [0, 0.05) is 34.4 Å². The van der Waals surface area contributed by atoms with Gasteiger partial charge in [-0.25, -0.2) is 0 Å². The third-order valence-corrected chi connectivity index (χ3v) is 6.34. The highest BCUT2D eigenvalue weighted by Crippen LogP contribution is 2.18. The van der Waals surface area contributed by atoms with Gasteiger partial charge in [0.2, 0.25) is 11.8 Å². The molecule has 0 bridgehead atoms. The van der Waals surface area contributed by atoms with Crippen molar-refractivity contribution >= 4 is 34.4 Å². The molecule has 0 aliphatic heterocycles. The minimum atomic E-state index is -0.803. The quantitative estimate of drug-likeness (QED) is 0.219. The SMILES string of the molecule is CC(C)C[C@H](NC(=O)c1ccc2[nH]ccc2c1)C(=O)NCC(=O)CNC(=O)Cc1cccc(-c2ccccn2)c1. The van der Waals surface area contributed by atoms with E-state index in [0.29, 0.717) is 12.0 Å². The molecule has 0 aliphatic rings. The van der Waals surface area contributed by atoms with Crippen LogP contribution in [0.4, 0.5) is 0 Å². The van der Waals surface area contributed by atoms with Crippen LogP contribution in [0.15, 0.2) is 79.1 Å². The number of carbonyl (C=O) groups excluding carboxylic acids is 4. The van der Waals surface area contributed by atoms with Crippen molar-refractivity contribution in [3.05, 3.63) is 90.3 Å². The Labute approximate surface area is 232 Å². The Morgan fingerprint density at radius 1 is 0.900 bits per heavy atom. The van der Waals surface area contributed by atoms with Crippen molar-refractivity contribution in [2.24, 2.45) is 5.92 Å². The maximum absolute atomic E-state index is 12.9. The average Bonchev–Trinajstić information content (AvgIpc) is 3.43. The molecule has 1 atom stereocenters. The Balaban J connectivity index is 1.25. The second-order valence-electron chi connectivity index (χ2n) is 10.1. The monoisotopic (exact) mass is 539 g/mol. The number of hydrogen-bond acceptors (Lipinski definition) is 5. The Morgan fingerprint density at radius 2 is 1.73 bits per heavy atom. The van der Waals surface area contributed by atoms with Crippen LogP contribution in [-0.2, 0) is 20.8 Å². The number of rotatable bonds is 12. The first-order chi connectivity index (χ1) is 19.3. The molecule has 4 N–H and O–H groups in total. The number of Topliss-reactive ketones (excluding diaryl/α,β-unsaturated/α-hetero) is 1. The molecule has 0 radical (unpaired) electrons. The number of nitrogens with one attached hydrogen (secondary N) is 4. The molecule has 4 aromatic rings. The highest BCUT2D eigenvalue weighted by atomic mass is 16.2. The second-order valence-corrected chi connectivity index (χ2v) is 10.1. The number of fused-ring (bicyclic) bond motifs is 1. The number of benzene rings is 2. The minimum Gasteiger partial charge on any atom is -0.361 e. The molecular formula is C31H33N5O4. The van der Waals surface area contributed by atoms with Gasteiger partial charge in [-0.2, -0.15) is 0 Å². The summed E-state index contributed by atoms with van der Waals surface area (Å²) in [5.41, 5.74) is 3.86. The topological polar surface area (TPSA) is 133 Å². The second kappa shape index (κ2) is 13.3. The number of ketones is 1. The molecule has 0 unspecified atom stereocenters. The lowest BCUT2D eigenvalue weighted by Crippen LogP contribution is -2.49. The molecule has 2 aromatic carbocycles. The van der Waals surface area contributed by atoms with Crippen molar-refractivity contribution in [3.8, 4) is 11.3 Å². The molecule has 0 spiro atoms. The Morgan fingerprint density at radius 3 is 2.50 bits per heavy atom. The lowest BCUT2D eigenvalue weighted by atomic mass is 10.0. The molecule has 0 saturated carbocycles. The molecule has 0 aliphatic carbocycles. The first-order valence-electron chi connectivity index (χ1n) is 13.2. The fraction of sp³-hybridized carbons (Fsp3) is 0.258. The largest absolute Gasteiger partial charge is 0.361 e. The molecule has 9 heteroatoms. The average molecular weight is 540 g/mol. The van der Waals surface area contributed by atoms with Crippen LogP contribution >= 0.6 is 0 Å². The summed E-state index contributed by atoms with van der Waals surface area (Å²) in [5.74, 6) is -1.33. The van der Waals surface area contributed by atoms with Crippen molar-refractivity contribution < 1.29 is 19.2 Å². The zero-order chi connectivity index (χ0) is 28.5. The molecule has 9 nitrogen and oxygen atoms in total. The van der Waals surface area contributed by atoms with E-state index < -0.39 is 11.9 Å². The van der Waals surface area contributed by atoms with Gasteiger partial charge in [-0.3, -0.25) is 24.2 Å². The molecule has 40 heavy (non-hydrogen) atoms. The summed E-state index contributed by atoms with van der Waals surface area (Å²) in [6, 6.07) is 19.5. The van der Waals surface area contributed by atoms with Gasteiger partial charge in [-0.1, -0.05) is 38.1 Å². The van der Waals surface area contributed by atoms with Gasteiger partial charge in [0.05, 0.1) is 25.2 Å². The van der Waals surface area contributed by atoms with E-state index in [0.717, 1.165) is 27.7 Å². The number of H-pyrrole nitrogens is 1. The number of nitrogens with zero attached hydrogens (tertiary/aromatic N) is 1. The highest BCUT2D eigenvalue weighted by molar-refractivity contribution is 6.00. The molecular weight excluding hydrogens is 506 g/mol. The highest BCUT2D eigenvalue weighted by Gasteiger charge is 2.23. The van der Waals surface area contributed by atoms with Crippen LogP contribution in [0.3, 0.4) is 0 Å². The van der Waals surface area contributed by atoms with E-state index in [1.807, 2.05) is 68.4 Å². The summed E-state index contributed by atoms with van der Waals surface area (Å²) in [6.45, 7) is 3.43. The van der Waals surface area contributed by atoms with E-state index >= 15 is 0 Å². The maximum atomic E-state index is 12.9. The summed E-state index contributed by atoms with van der Waals surface area (Å²) in [4.78, 5) is 58.0. The number of hydrogen-bond donors (Lipinski definition) is 4. The van der Waals surface area contributed by atoms with E-state index in [1.54, 1.807) is 24.5 Å². The van der Waals surface area contributed by atoms with Crippen molar-refractivity contribution in [2.45, 2.75) is 32.7 Å². The lowest BCUT2D eigenvalue weighted by Gasteiger charge is -2.20. The van der Waals surface area contributed by atoms with Crippen LogP contribution in [-0.4, -0.2) is 52.6 Å². The van der Waals surface area contributed by atoms with E-state index in [1.165, 1.54) is 0 Å². The number of amides is 3. The van der Waals surface area contributed by atoms with Gasteiger partial charge in [-0.05, 0) is 60.4 Å². The third kappa shape index (κ3) is 7.86. The van der Waals surface area contributed by atoms with Crippen LogP contribution in [0, 0.1) is 5.92 Å². The Kier molecular flexibility index (Phi) is 9.40. The third-order valence-electron chi connectivity index (χ3n) is 6.34. The maximum Gasteiger partial charge on any atom is 0.251 e. The molecule has 0 saturated heterocycles. The van der Waals surface area contributed by atoms with Crippen LogP contribution < -0.4 is 16.0 Å². The van der Waals surface area contributed by atoms with E-state index in [4.69, 9.17) is 0 Å². The van der Waals surface area contributed by atoms with Crippen molar-refractivity contribution in [1.82, 2.24) is 25.9 Å². The zero-order valence-electron chi connectivity index (χ0n) is 22.6. The van der Waals surface area contributed by atoms with Gasteiger partial charge in [0.25, 0.3) is 5.91 Å². The molecule has 2 heterocycles. The van der Waals surface area contributed by atoms with Gasteiger partial charge in [0.1, 0.15) is 6.04 Å². The standard InChI is InChI=1S/C31H33N5O4/c1-20(2)14-28(36-30(39)24-9-10-27-23(17-24)11-13-33-27)31(40)35-19-25(37)18-34-29(38)16-21-6-5-7-22(15-21)26-8-3-4-12-32-26/h3-13,15,17,20,28,33H,14,16,18-19H2,1-2H3,(H,34,38)(H,35,40)(H,36,39)/t28-/m0/s1.